The van der Waals surface area contributed by atoms with E-state index in [1.807, 2.05) is 0 Å². The lowest BCUT2D eigenvalue weighted by Gasteiger charge is -2.53. The molecule has 2 heteroatoms. The quantitative estimate of drug-likeness (QED) is 0.761. The maximum atomic E-state index is 11.1. The lowest BCUT2D eigenvalue weighted by atomic mass is 9.56. The Kier molecular flexibility index (Phi) is 3.33. The van der Waals surface area contributed by atoms with Crippen LogP contribution in [0.3, 0.4) is 0 Å². The molecule has 2 fully saturated rings. The predicted octanol–water partition coefficient (Wildman–Crippen LogP) is 3.38. The van der Waals surface area contributed by atoms with Crippen LogP contribution in [-0.4, -0.2) is 23.9 Å². The summed E-state index contributed by atoms with van der Waals surface area (Å²) in [5, 5.41) is 11.1. The average molecular weight is 240 g/mol. The molecule has 1 saturated heterocycles. The second-order valence-electron chi connectivity index (χ2n) is 7.88. The predicted molar refractivity (Wildman–Crippen MR) is 69.9 cm³/mol. The van der Waals surface area contributed by atoms with Gasteiger partial charge in [0.2, 0.25) is 0 Å². The molecule has 17 heavy (non-hydrogen) atoms. The maximum absolute atomic E-state index is 11.1. The van der Waals surface area contributed by atoms with Crippen molar-refractivity contribution in [2.75, 3.05) is 13.2 Å². The lowest BCUT2D eigenvalue weighted by molar-refractivity contribution is -0.149. The summed E-state index contributed by atoms with van der Waals surface area (Å²) in [6.45, 7) is 10.8. The first kappa shape index (κ1) is 13.4. The molecule has 1 heterocycles. The van der Waals surface area contributed by atoms with Gasteiger partial charge in [-0.05, 0) is 42.9 Å². The summed E-state index contributed by atoms with van der Waals surface area (Å²) in [5.41, 5.74) is -0.0203. The fourth-order valence-corrected chi connectivity index (χ4v) is 4.59. The normalized spacial score (nSPS) is 35.5. The lowest BCUT2D eigenvalue weighted by Crippen LogP contribution is -2.52. The highest BCUT2D eigenvalue weighted by Crippen LogP contribution is 2.53. The topological polar surface area (TPSA) is 29.5 Å². The van der Waals surface area contributed by atoms with Crippen LogP contribution in [0.2, 0.25) is 0 Å². The van der Waals surface area contributed by atoms with Crippen LogP contribution in [0.1, 0.15) is 59.8 Å². The first-order chi connectivity index (χ1) is 7.73. The molecule has 0 radical (unpaired) electrons. The molecule has 0 aromatic carbocycles. The standard InChI is InChI=1S/C15H28O2/c1-13(2)9-14(3,4)11-15(16,10-13)12-6-5-7-17-8-12/h12,16H,5-11H2,1-4H3. The molecule has 0 spiro atoms. The summed E-state index contributed by atoms with van der Waals surface area (Å²) < 4.78 is 5.58. The van der Waals surface area contributed by atoms with E-state index < -0.39 is 5.60 Å². The highest BCUT2D eigenvalue weighted by molar-refractivity contribution is 5.01. The molecule has 0 aromatic rings. The minimum Gasteiger partial charge on any atom is -0.389 e. The molecule has 0 bridgehead atoms. The van der Waals surface area contributed by atoms with E-state index in [4.69, 9.17) is 4.74 Å². The third kappa shape index (κ3) is 3.03. The van der Waals surface area contributed by atoms with Gasteiger partial charge < -0.3 is 9.84 Å². The van der Waals surface area contributed by atoms with Gasteiger partial charge in [0.05, 0.1) is 12.2 Å². The second-order valence-corrected chi connectivity index (χ2v) is 7.88. The number of rotatable bonds is 1. The van der Waals surface area contributed by atoms with E-state index in [1.165, 1.54) is 6.42 Å². The van der Waals surface area contributed by atoms with Gasteiger partial charge in [-0.15, -0.1) is 0 Å². The summed E-state index contributed by atoms with van der Waals surface area (Å²) in [5.74, 6) is 0.343. The Balaban J connectivity index is 2.17. The van der Waals surface area contributed by atoms with Crippen LogP contribution >= 0.6 is 0 Å². The number of aliphatic hydroxyl groups is 1. The molecule has 0 amide bonds. The first-order valence-electron chi connectivity index (χ1n) is 7.03. The highest BCUT2D eigenvalue weighted by Gasteiger charge is 2.50. The van der Waals surface area contributed by atoms with Crippen LogP contribution in [0, 0.1) is 16.7 Å². The first-order valence-corrected chi connectivity index (χ1v) is 7.03. The number of hydrogen-bond acceptors (Lipinski definition) is 2. The van der Waals surface area contributed by atoms with E-state index in [0.29, 0.717) is 5.92 Å². The van der Waals surface area contributed by atoms with Gasteiger partial charge in [-0.25, -0.2) is 0 Å². The van der Waals surface area contributed by atoms with Crippen LogP contribution in [0.15, 0.2) is 0 Å². The fraction of sp³-hybridized carbons (Fsp3) is 1.00. The van der Waals surface area contributed by atoms with E-state index in [0.717, 1.165) is 38.9 Å². The molecule has 2 rings (SSSR count). The zero-order valence-corrected chi connectivity index (χ0v) is 11.9. The molecule has 1 unspecified atom stereocenters. The van der Waals surface area contributed by atoms with Gasteiger partial charge in [-0.3, -0.25) is 0 Å². The van der Waals surface area contributed by atoms with Crippen molar-refractivity contribution in [3.05, 3.63) is 0 Å². The molecule has 1 aliphatic carbocycles. The molecule has 2 aliphatic rings. The van der Waals surface area contributed by atoms with Crippen LogP contribution in [0.5, 0.6) is 0 Å². The van der Waals surface area contributed by atoms with Crippen LogP contribution in [-0.2, 0) is 4.74 Å². The highest BCUT2D eigenvalue weighted by atomic mass is 16.5. The van der Waals surface area contributed by atoms with Crippen LogP contribution < -0.4 is 0 Å². The molecule has 0 aromatic heterocycles. The van der Waals surface area contributed by atoms with Gasteiger partial charge in [-0.1, -0.05) is 27.7 Å². The Morgan fingerprint density at radius 1 is 1.00 bits per heavy atom. The van der Waals surface area contributed by atoms with Crippen molar-refractivity contribution in [1.29, 1.82) is 0 Å². The molecule has 1 saturated carbocycles. The van der Waals surface area contributed by atoms with E-state index in [9.17, 15) is 5.11 Å². The van der Waals surface area contributed by atoms with Crippen LogP contribution in [0.4, 0.5) is 0 Å². The van der Waals surface area contributed by atoms with E-state index >= 15 is 0 Å². The van der Waals surface area contributed by atoms with Crippen molar-refractivity contribution >= 4 is 0 Å². The van der Waals surface area contributed by atoms with Gasteiger partial charge >= 0.3 is 0 Å². The summed E-state index contributed by atoms with van der Waals surface area (Å²) in [7, 11) is 0. The number of ether oxygens (including phenoxy) is 1. The molecular weight excluding hydrogens is 212 g/mol. The molecule has 1 N–H and O–H groups in total. The van der Waals surface area contributed by atoms with Crippen molar-refractivity contribution in [2.45, 2.75) is 65.4 Å². The van der Waals surface area contributed by atoms with Crippen molar-refractivity contribution < 1.29 is 9.84 Å². The fourth-order valence-electron chi connectivity index (χ4n) is 4.59. The van der Waals surface area contributed by atoms with Gasteiger partial charge in [0, 0.05) is 12.5 Å². The smallest absolute Gasteiger partial charge is 0.0708 e. The molecule has 2 nitrogen and oxygen atoms in total. The van der Waals surface area contributed by atoms with E-state index in [1.54, 1.807) is 0 Å². The van der Waals surface area contributed by atoms with Crippen LogP contribution in [0.25, 0.3) is 0 Å². The Morgan fingerprint density at radius 2 is 1.59 bits per heavy atom. The summed E-state index contributed by atoms with van der Waals surface area (Å²) in [4.78, 5) is 0. The monoisotopic (exact) mass is 240 g/mol. The minimum absolute atomic E-state index is 0.244. The van der Waals surface area contributed by atoms with Crippen molar-refractivity contribution in [1.82, 2.24) is 0 Å². The molecule has 1 aliphatic heterocycles. The maximum Gasteiger partial charge on any atom is 0.0708 e. The van der Waals surface area contributed by atoms with Crippen molar-refractivity contribution in [2.24, 2.45) is 16.7 Å². The summed E-state index contributed by atoms with van der Waals surface area (Å²) in [6, 6.07) is 0. The third-order valence-electron chi connectivity index (χ3n) is 4.45. The Morgan fingerprint density at radius 3 is 2.06 bits per heavy atom. The Hall–Kier alpha value is -0.0800. The largest absolute Gasteiger partial charge is 0.389 e. The Bertz CT molecular complexity index is 259. The minimum atomic E-state index is -0.508. The second kappa shape index (κ2) is 4.24. The van der Waals surface area contributed by atoms with E-state index in [2.05, 4.69) is 27.7 Å². The zero-order valence-electron chi connectivity index (χ0n) is 11.9. The van der Waals surface area contributed by atoms with Crippen molar-refractivity contribution in [3.63, 3.8) is 0 Å². The van der Waals surface area contributed by atoms with Crippen molar-refractivity contribution in [3.8, 4) is 0 Å². The Labute approximate surface area is 106 Å². The summed E-state index contributed by atoms with van der Waals surface area (Å²) in [6.07, 6.45) is 5.29. The van der Waals surface area contributed by atoms with Gasteiger partial charge in [-0.2, -0.15) is 0 Å². The van der Waals surface area contributed by atoms with E-state index in [-0.39, 0.29) is 10.8 Å². The molecule has 100 valence electrons. The van der Waals surface area contributed by atoms with Gasteiger partial charge in [0.15, 0.2) is 0 Å². The molecular formula is C15H28O2. The van der Waals surface area contributed by atoms with Gasteiger partial charge in [0.1, 0.15) is 0 Å². The third-order valence-corrected chi connectivity index (χ3v) is 4.45. The SMILES string of the molecule is CC1(C)CC(C)(C)CC(O)(C2CCCOC2)C1. The molecule has 1 atom stereocenters. The zero-order chi connectivity index (χ0) is 12.7. The van der Waals surface area contributed by atoms with Gasteiger partial charge in [0.25, 0.3) is 0 Å². The number of hydrogen-bond donors (Lipinski definition) is 1. The average Bonchev–Trinajstić information content (AvgIpc) is 2.13. The summed E-state index contributed by atoms with van der Waals surface area (Å²) >= 11 is 0.